The van der Waals surface area contributed by atoms with Gasteiger partial charge in [-0.1, -0.05) is 29.8 Å². The topological polar surface area (TPSA) is 69.1 Å². The van der Waals surface area contributed by atoms with Crippen LogP contribution >= 0.6 is 11.6 Å². The van der Waals surface area contributed by atoms with E-state index < -0.39 is 0 Å². The van der Waals surface area contributed by atoms with Crippen LogP contribution in [0.1, 0.15) is 15.9 Å². The molecule has 1 aromatic heterocycles. The lowest BCUT2D eigenvalue weighted by Gasteiger charge is -2.28. The number of nitrogens with one attached hydrogen (secondary N) is 1. The zero-order chi connectivity index (χ0) is 19.5. The summed E-state index contributed by atoms with van der Waals surface area (Å²) in [4.78, 5) is 18.2. The van der Waals surface area contributed by atoms with Gasteiger partial charge in [0.25, 0.3) is 0 Å². The second-order valence-corrected chi connectivity index (χ2v) is 7.02. The molecule has 0 spiro atoms. The van der Waals surface area contributed by atoms with E-state index in [1.54, 1.807) is 30.5 Å². The fraction of sp³-hybridized carbons (Fsp3) is 0.182. The molecule has 1 aliphatic rings. The molecule has 0 radical (unpaired) electrons. The Morgan fingerprint density at radius 2 is 1.93 bits per heavy atom. The normalized spacial score (nSPS) is 14.9. The lowest BCUT2D eigenvalue weighted by molar-refractivity contribution is 0.104. The van der Waals surface area contributed by atoms with Gasteiger partial charge in [-0.05, 0) is 35.9 Å². The van der Waals surface area contributed by atoms with E-state index in [0.717, 1.165) is 48.5 Å². The van der Waals surface area contributed by atoms with Gasteiger partial charge in [0.2, 0.25) is 5.78 Å². The number of rotatable bonds is 4. The Kier molecular flexibility index (Phi) is 5.16. The summed E-state index contributed by atoms with van der Waals surface area (Å²) in [7, 11) is 0. The molecule has 140 valence electrons. The highest BCUT2D eigenvalue weighted by Gasteiger charge is 2.17. The molecule has 0 unspecified atom stereocenters. The molecule has 3 aromatic rings. The Hall–Kier alpha value is -3.07. The molecule has 0 bridgehead atoms. The van der Waals surface area contributed by atoms with Crippen LogP contribution in [-0.4, -0.2) is 37.1 Å². The van der Waals surface area contributed by atoms with Gasteiger partial charge in [0.15, 0.2) is 0 Å². The molecule has 2 heterocycles. The van der Waals surface area contributed by atoms with Gasteiger partial charge in [-0.2, -0.15) is 5.26 Å². The van der Waals surface area contributed by atoms with Gasteiger partial charge in [-0.3, -0.25) is 4.79 Å². The molecule has 4 rings (SSSR count). The minimum absolute atomic E-state index is 0.0926. The Balaban J connectivity index is 1.59. The number of ketones is 1. The van der Waals surface area contributed by atoms with E-state index in [0.29, 0.717) is 10.6 Å². The number of carbonyl (C=O) groups excluding carboxylic acids is 1. The third-order valence-electron chi connectivity index (χ3n) is 4.83. The van der Waals surface area contributed by atoms with Crippen molar-refractivity contribution in [1.29, 1.82) is 5.26 Å². The molecule has 0 saturated carbocycles. The number of allylic oxidation sites excluding steroid dienone is 1. The van der Waals surface area contributed by atoms with Crippen molar-refractivity contribution in [2.24, 2.45) is 0 Å². The molecule has 0 amide bonds. The first-order chi connectivity index (χ1) is 13.7. The van der Waals surface area contributed by atoms with Gasteiger partial charge in [-0.25, -0.2) is 0 Å². The van der Waals surface area contributed by atoms with Crippen molar-refractivity contribution in [3.8, 4) is 6.07 Å². The average molecular weight is 392 g/mol. The number of nitrogens with zero attached hydrogens (tertiary/aromatic N) is 2. The summed E-state index contributed by atoms with van der Waals surface area (Å²) in [5.41, 5.74) is 3.24. The summed E-state index contributed by atoms with van der Waals surface area (Å²) in [6.07, 6.45) is 3.25. The smallest absolute Gasteiger partial charge is 0.205 e. The third kappa shape index (κ3) is 3.65. The predicted molar refractivity (Wildman–Crippen MR) is 111 cm³/mol. The van der Waals surface area contributed by atoms with Crippen molar-refractivity contribution in [2.75, 3.05) is 31.2 Å². The molecule has 6 heteroatoms. The molecule has 1 fully saturated rings. The molecule has 28 heavy (non-hydrogen) atoms. The largest absolute Gasteiger partial charge is 0.378 e. The van der Waals surface area contributed by atoms with E-state index in [4.69, 9.17) is 16.3 Å². The first-order valence-electron chi connectivity index (χ1n) is 9.01. The fourth-order valence-corrected chi connectivity index (χ4v) is 3.52. The predicted octanol–water partition coefficient (Wildman–Crippen LogP) is 4.45. The lowest BCUT2D eigenvalue weighted by atomic mass is 10.0. The summed E-state index contributed by atoms with van der Waals surface area (Å²) >= 11 is 5.99. The van der Waals surface area contributed by atoms with Crippen LogP contribution in [0.5, 0.6) is 0 Å². The van der Waals surface area contributed by atoms with E-state index in [-0.39, 0.29) is 11.4 Å². The van der Waals surface area contributed by atoms with Gasteiger partial charge in [-0.15, -0.1) is 0 Å². The van der Waals surface area contributed by atoms with Crippen molar-refractivity contribution in [3.63, 3.8) is 0 Å². The highest BCUT2D eigenvalue weighted by Crippen LogP contribution is 2.25. The zero-order valence-electron chi connectivity index (χ0n) is 15.1. The Bertz CT molecular complexity index is 1090. The Morgan fingerprint density at radius 1 is 1.18 bits per heavy atom. The standard InChI is InChI=1S/C22H18ClN3O2/c23-17-3-6-19-20(14-25-21(19)12-17)22(27)16(13-24)11-15-1-4-18(5-2-15)26-7-9-28-10-8-26/h1-6,11-12,14,25H,7-10H2/b16-11-. The van der Waals surface area contributed by atoms with E-state index in [1.165, 1.54) is 0 Å². The average Bonchev–Trinajstić information content (AvgIpc) is 3.15. The van der Waals surface area contributed by atoms with Crippen LogP contribution in [-0.2, 0) is 4.74 Å². The minimum Gasteiger partial charge on any atom is -0.378 e. The van der Waals surface area contributed by atoms with Gasteiger partial charge in [0.05, 0.1) is 13.2 Å². The van der Waals surface area contributed by atoms with Crippen LogP contribution in [0, 0.1) is 11.3 Å². The van der Waals surface area contributed by atoms with E-state index in [9.17, 15) is 10.1 Å². The molecule has 1 saturated heterocycles. The van der Waals surface area contributed by atoms with Gasteiger partial charge in [0, 0.05) is 46.5 Å². The molecule has 1 aliphatic heterocycles. The molecule has 0 aliphatic carbocycles. The third-order valence-corrected chi connectivity index (χ3v) is 5.07. The number of hydrogen-bond donors (Lipinski definition) is 1. The number of hydrogen-bond acceptors (Lipinski definition) is 4. The second-order valence-electron chi connectivity index (χ2n) is 6.58. The summed E-state index contributed by atoms with van der Waals surface area (Å²) in [5.74, 6) is -0.312. The van der Waals surface area contributed by atoms with E-state index in [2.05, 4.69) is 9.88 Å². The van der Waals surface area contributed by atoms with Gasteiger partial charge < -0.3 is 14.6 Å². The summed E-state index contributed by atoms with van der Waals surface area (Å²) < 4.78 is 5.38. The number of Topliss-reactive ketones (excluding diaryl/α,β-unsaturated/α-hetero) is 1. The number of ether oxygens (including phenoxy) is 1. The van der Waals surface area contributed by atoms with Crippen LogP contribution in [0.2, 0.25) is 5.02 Å². The monoisotopic (exact) mass is 391 g/mol. The lowest BCUT2D eigenvalue weighted by Crippen LogP contribution is -2.36. The van der Waals surface area contributed by atoms with Crippen molar-refractivity contribution < 1.29 is 9.53 Å². The van der Waals surface area contributed by atoms with Crippen LogP contribution in [0.4, 0.5) is 5.69 Å². The van der Waals surface area contributed by atoms with Crippen molar-refractivity contribution in [1.82, 2.24) is 4.98 Å². The number of aromatic amines is 1. The Labute approximate surface area is 167 Å². The quantitative estimate of drug-likeness (QED) is 0.405. The second kappa shape index (κ2) is 7.89. The zero-order valence-corrected chi connectivity index (χ0v) is 15.9. The number of H-pyrrole nitrogens is 1. The summed E-state index contributed by atoms with van der Waals surface area (Å²) in [6.45, 7) is 3.18. The maximum absolute atomic E-state index is 12.9. The van der Waals surface area contributed by atoms with Crippen molar-refractivity contribution in [2.45, 2.75) is 0 Å². The van der Waals surface area contributed by atoms with E-state index in [1.807, 2.05) is 30.3 Å². The maximum Gasteiger partial charge on any atom is 0.205 e. The number of carbonyl (C=O) groups is 1. The van der Waals surface area contributed by atoms with Crippen LogP contribution in [0.25, 0.3) is 17.0 Å². The highest BCUT2D eigenvalue weighted by molar-refractivity contribution is 6.31. The summed E-state index contributed by atoms with van der Waals surface area (Å²) in [5, 5.41) is 10.9. The molecule has 5 nitrogen and oxygen atoms in total. The van der Waals surface area contributed by atoms with Crippen molar-refractivity contribution in [3.05, 3.63) is 70.4 Å². The number of nitriles is 1. The number of morpholine rings is 1. The minimum atomic E-state index is -0.312. The number of aromatic nitrogens is 1. The summed E-state index contributed by atoms with van der Waals surface area (Å²) in [6, 6.07) is 15.2. The molecule has 2 aromatic carbocycles. The molecular formula is C22H18ClN3O2. The SMILES string of the molecule is N#C/C(=C/c1ccc(N2CCOCC2)cc1)C(=O)c1c[nH]c2cc(Cl)ccc12. The first kappa shape index (κ1) is 18.3. The number of benzene rings is 2. The molecular weight excluding hydrogens is 374 g/mol. The van der Waals surface area contributed by atoms with Gasteiger partial charge >= 0.3 is 0 Å². The number of halogens is 1. The molecule has 0 atom stereocenters. The van der Waals surface area contributed by atoms with Crippen LogP contribution in [0.15, 0.2) is 54.2 Å². The van der Waals surface area contributed by atoms with E-state index >= 15 is 0 Å². The fourth-order valence-electron chi connectivity index (χ4n) is 3.35. The van der Waals surface area contributed by atoms with Gasteiger partial charge in [0.1, 0.15) is 11.6 Å². The first-order valence-corrected chi connectivity index (χ1v) is 9.39. The number of fused-ring (bicyclic) bond motifs is 1. The highest BCUT2D eigenvalue weighted by atomic mass is 35.5. The van der Waals surface area contributed by atoms with Crippen LogP contribution < -0.4 is 4.90 Å². The van der Waals surface area contributed by atoms with Crippen LogP contribution in [0.3, 0.4) is 0 Å². The molecule has 1 N–H and O–H groups in total. The maximum atomic E-state index is 12.9. The Morgan fingerprint density at radius 3 is 2.64 bits per heavy atom. The van der Waals surface area contributed by atoms with Crippen molar-refractivity contribution >= 4 is 40.1 Å². The number of anilines is 1.